The molecule has 0 bridgehead atoms. The molecule has 5 heteroatoms. The van der Waals surface area contributed by atoms with Crippen LogP contribution in [0.5, 0.6) is 0 Å². The zero-order valence-corrected chi connectivity index (χ0v) is 14.7. The first kappa shape index (κ1) is 16.3. The topological polar surface area (TPSA) is 49.6 Å². The summed E-state index contributed by atoms with van der Waals surface area (Å²) in [6, 6.07) is 10.8. The largest absolute Gasteiger partial charge is 0.444 e. The maximum absolute atomic E-state index is 11.9. The number of carbonyl (C=O) groups is 1. The standard InChI is InChI=1S/C20H25N3O2/c1-15(24)23-12-6-10-19(23)18-9-5-11-22(18)13-17-14-25-20(21-17)16-7-3-2-4-8-16/h2-4,7-8,14,18-19H,5-6,9-13H2,1H3/t18-,19-/m1/s1. The highest BCUT2D eigenvalue weighted by molar-refractivity contribution is 5.74. The minimum Gasteiger partial charge on any atom is -0.444 e. The Balaban J connectivity index is 1.47. The monoisotopic (exact) mass is 339 g/mol. The maximum atomic E-state index is 11.9. The van der Waals surface area contributed by atoms with Gasteiger partial charge in [-0.25, -0.2) is 4.98 Å². The van der Waals surface area contributed by atoms with E-state index in [1.54, 1.807) is 13.2 Å². The summed E-state index contributed by atoms with van der Waals surface area (Å²) in [7, 11) is 0. The molecule has 2 saturated heterocycles. The van der Waals surface area contributed by atoms with Crippen molar-refractivity contribution in [1.82, 2.24) is 14.8 Å². The second kappa shape index (κ2) is 7.00. The Hall–Kier alpha value is -2.14. The van der Waals surface area contributed by atoms with Crippen molar-refractivity contribution in [2.24, 2.45) is 0 Å². The van der Waals surface area contributed by atoms with Gasteiger partial charge in [0.25, 0.3) is 0 Å². The van der Waals surface area contributed by atoms with E-state index < -0.39 is 0 Å². The molecule has 2 atom stereocenters. The first-order valence-electron chi connectivity index (χ1n) is 9.23. The lowest BCUT2D eigenvalue weighted by atomic mass is 10.0. The lowest BCUT2D eigenvalue weighted by molar-refractivity contribution is -0.130. The van der Waals surface area contributed by atoms with Crippen LogP contribution in [0.2, 0.25) is 0 Å². The number of carbonyl (C=O) groups excluding carboxylic acids is 1. The lowest BCUT2D eigenvalue weighted by Crippen LogP contribution is -2.47. The summed E-state index contributed by atoms with van der Waals surface area (Å²) in [4.78, 5) is 21.1. The number of hydrogen-bond donors (Lipinski definition) is 0. The lowest BCUT2D eigenvalue weighted by Gasteiger charge is -2.34. The fraction of sp³-hybridized carbons (Fsp3) is 0.500. The second-order valence-corrected chi connectivity index (χ2v) is 7.11. The van der Waals surface area contributed by atoms with Crippen LogP contribution in [0.1, 0.15) is 38.3 Å². The molecular weight excluding hydrogens is 314 g/mol. The van der Waals surface area contributed by atoms with E-state index in [0.717, 1.165) is 50.2 Å². The molecule has 1 amide bonds. The third-order valence-electron chi connectivity index (χ3n) is 5.50. The van der Waals surface area contributed by atoms with Crippen molar-refractivity contribution in [2.45, 2.75) is 51.2 Å². The van der Waals surface area contributed by atoms with Crippen LogP contribution in [0.4, 0.5) is 0 Å². The van der Waals surface area contributed by atoms with Crippen LogP contribution in [0.3, 0.4) is 0 Å². The molecule has 4 rings (SSSR count). The minimum atomic E-state index is 0.210. The molecule has 2 fully saturated rings. The van der Waals surface area contributed by atoms with Crippen molar-refractivity contribution < 1.29 is 9.21 Å². The van der Waals surface area contributed by atoms with Crippen molar-refractivity contribution in [3.8, 4) is 11.5 Å². The summed E-state index contributed by atoms with van der Waals surface area (Å²) in [5.74, 6) is 0.889. The maximum Gasteiger partial charge on any atom is 0.226 e. The molecule has 5 nitrogen and oxygen atoms in total. The zero-order chi connectivity index (χ0) is 17.2. The molecule has 132 valence electrons. The van der Waals surface area contributed by atoms with E-state index in [0.29, 0.717) is 18.0 Å². The Morgan fingerprint density at radius 1 is 1.16 bits per heavy atom. The number of nitrogens with zero attached hydrogens (tertiary/aromatic N) is 3. The number of benzene rings is 1. The summed E-state index contributed by atoms with van der Waals surface area (Å²) in [5, 5.41) is 0. The summed E-state index contributed by atoms with van der Waals surface area (Å²) >= 11 is 0. The van der Waals surface area contributed by atoms with Gasteiger partial charge in [0.05, 0.1) is 5.69 Å². The van der Waals surface area contributed by atoms with Crippen molar-refractivity contribution >= 4 is 5.91 Å². The van der Waals surface area contributed by atoms with E-state index in [9.17, 15) is 4.79 Å². The Morgan fingerprint density at radius 2 is 1.92 bits per heavy atom. The molecule has 1 aromatic heterocycles. The number of aromatic nitrogens is 1. The summed E-state index contributed by atoms with van der Waals surface area (Å²) in [5.41, 5.74) is 1.98. The molecule has 0 unspecified atom stereocenters. The number of hydrogen-bond acceptors (Lipinski definition) is 4. The van der Waals surface area contributed by atoms with E-state index in [1.165, 1.54) is 6.42 Å². The van der Waals surface area contributed by atoms with Gasteiger partial charge in [-0.05, 0) is 44.4 Å². The van der Waals surface area contributed by atoms with Gasteiger partial charge in [-0.1, -0.05) is 18.2 Å². The summed E-state index contributed by atoms with van der Waals surface area (Å²) in [6.45, 7) is 4.47. The molecule has 2 aliphatic rings. The highest BCUT2D eigenvalue weighted by Crippen LogP contribution is 2.31. The smallest absolute Gasteiger partial charge is 0.226 e. The van der Waals surface area contributed by atoms with E-state index >= 15 is 0 Å². The molecule has 0 N–H and O–H groups in total. The van der Waals surface area contributed by atoms with Crippen LogP contribution in [-0.2, 0) is 11.3 Å². The number of likely N-dealkylation sites (tertiary alicyclic amines) is 2. The third kappa shape index (κ3) is 3.33. The fourth-order valence-corrected chi connectivity index (χ4v) is 4.37. The summed E-state index contributed by atoms with van der Waals surface area (Å²) in [6.07, 6.45) is 6.37. The predicted octanol–water partition coefficient (Wildman–Crippen LogP) is 3.32. The molecule has 0 aliphatic carbocycles. The number of rotatable bonds is 4. The van der Waals surface area contributed by atoms with Crippen molar-refractivity contribution in [3.63, 3.8) is 0 Å². The molecule has 1 aromatic carbocycles. The van der Waals surface area contributed by atoms with Crippen LogP contribution < -0.4 is 0 Å². The van der Waals surface area contributed by atoms with E-state index in [4.69, 9.17) is 4.42 Å². The van der Waals surface area contributed by atoms with E-state index in [1.807, 2.05) is 30.3 Å². The van der Waals surface area contributed by atoms with Gasteiger partial charge in [0, 0.05) is 37.7 Å². The SMILES string of the molecule is CC(=O)N1CCC[C@@H]1[C@H]1CCCN1Cc1coc(-c2ccccc2)n1. The number of oxazole rings is 1. The second-order valence-electron chi connectivity index (χ2n) is 7.11. The van der Waals surface area contributed by atoms with Crippen LogP contribution in [0.15, 0.2) is 41.0 Å². The van der Waals surface area contributed by atoms with Gasteiger partial charge in [0.1, 0.15) is 6.26 Å². The highest BCUT2D eigenvalue weighted by Gasteiger charge is 2.38. The van der Waals surface area contributed by atoms with Gasteiger partial charge < -0.3 is 9.32 Å². The normalized spacial score (nSPS) is 24.1. The van der Waals surface area contributed by atoms with Gasteiger partial charge in [-0.3, -0.25) is 9.69 Å². The Bertz CT molecular complexity index is 728. The third-order valence-corrected chi connectivity index (χ3v) is 5.50. The molecule has 2 aromatic rings. The molecule has 25 heavy (non-hydrogen) atoms. The molecule has 3 heterocycles. The molecule has 2 aliphatic heterocycles. The van der Waals surface area contributed by atoms with Gasteiger partial charge in [-0.15, -0.1) is 0 Å². The van der Waals surface area contributed by atoms with Gasteiger partial charge >= 0.3 is 0 Å². The van der Waals surface area contributed by atoms with Crippen molar-refractivity contribution in [2.75, 3.05) is 13.1 Å². The molecular formula is C20H25N3O2. The van der Waals surface area contributed by atoms with Gasteiger partial charge in [0.2, 0.25) is 11.8 Å². The Morgan fingerprint density at radius 3 is 2.72 bits per heavy atom. The first-order valence-corrected chi connectivity index (χ1v) is 9.23. The average molecular weight is 339 g/mol. The fourth-order valence-electron chi connectivity index (χ4n) is 4.37. The van der Waals surface area contributed by atoms with Crippen LogP contribution >= 0.6 is 0 Å². The quantitative estimate of drug-likeness (QED) is 0.857. The van der Waals surface area contributed by atoms with Gasteiger partial charge in [0.15, 0.2) is 0 Å². The van der Waals surface area contributed by atoms with Crippen LogP contribution in [-0.4, -0.2) is 45.9 Å². The Labute approximate surface area is 148 Å². The van der Waals surface area contributed by atoms with Crippen molar-refractivity contribution in [1.29, 1.82) is 0 Å². The zero-order valence-electron chi connectivity index (χ0n) is 14.7. The highest BCUT2D eigenvalue weighted by atomic mass is 16.3. The summed E-state index contributed by atoms with van der Waals surface area (Å²) < 4.78 is 5.68. The van der Waals surface area contributed by atoms with E-state index in [-0.39, 0.29) is 5.91 Å². The first-order chi connectivity index (χ1) is 12.2. The van der Waals surface area contributed by atoms with Crippen LogP contribution in [0.25, 0.3) is 11.5 Å². The minimum absolute atomic E-state index is 0.210. The molecule has 0 spiro atoms. The predicted molar refractivity (Wildman–Crippen MR) is 95.8 cm³/mol. The van der Waals surface area contributed by atoms with E-state index in [2.05, 4.69) is 14.8 Å². The number of amides is 1. The van der Waals surface area contributed by atoms with Gasteiger partial charge in [-0.2, -0.15) is 0 Å². The van der Waals surface area contributed by atoms with Crippen LogP contribution in [0, 0.1) is 0 Å². The molecule has 0 radical (unpaired) electrons. The average Bonchev–Trinajstić information content (AvgIpc) is 3.36. The van der Waals surface area contributed by atoms with Crippen molar-refractivity contribution in [3.05, 3.63) is 42.3 Å². The molecule has 0 saturated carbocycles. The Kier molecular flexibility index (Phi) is 4.57.